The van der Waals surface area contributed by atoms with Crippen molar-refractivity contribution in [1.82, 2.24) is 25.2 Å². The smallest absolute Gasteiger partial charge is 0.191 e. The third-order valence-corrected chi connectivity index (χ3v) is 4.61. The molecule has 3 aromatic rings. The number of fused-ring (bicyclic) bond motifs is 1. The number of guanidine groups is 1. The molecule has 0 amide bonds. The average Bonchev–Trinajstić information content (AvgIpc) is 3.07. The van der Waals surface area contributed by atoms with Crippen LogP contribution in [0.3, 0.4) is 0 Å². The van der Waals surface area contributed by atoms with Gasteiger partial charge < -0.3 is 10.6 Å². The topological polar surface area (TPSA) is 66.6 Å². The number of nitrogens with zero attached hydrogens (tertiary/aromatic N) is 4. The maximum atomic E-state index is 6.21. The minimum atomic E-state index is 0.486. The first-order valence-electron chi connectivity index (χ1n) is 8.92. The van der Waals surface area contributed by atoms with Crippen molar-refractivity contribution in [3.63, 3.8) is 0 Å². The first-order chi connectivity index (χ1) is 13.2. The number of nitrogens with one attached hydrogen (secondary N) is 2. The predicted molar refractivity (Wildman–Crippen MR) is 111 cm³/mol. The Kier molecular flexibility index (Phi) is 6.90. The van der Waals surface area contributed by atoms with Crippen molar-refractivity contribution in [2.24, 2.45) is 4.99 Å². The van der Waals surface area contributed by atoms with Crippen LogP contribution in [0, 0.1) is 0 Å². The Labute approximate surface area is 168 Å². The summed E-state index contributed by atoms with van der Waals surface area (Å²) < 4.78 is 2.02. The SMILES string of the molecule is CCNC(=NCc1ccc(Cl)cc1Cl)NCCCc1nnc2ccccn12. The largest absolute Gasteiger partial charge is 0.357 e. The van der Waals surface area contributed by atoms with E-state index in [0.29, 0.717) is 16.6 Å². The molecule has 0 spiro atoms. The van der Waals surface area contributed by atoms with Crippen LogP contribution in [0.2, 0.25) is 10.0 Å². The van der Waals surface area contributed by atoms with E-state index in [9.17, 15) is 0 Å². The van der Waals surface area contributed by atoms with E-state index in [1.807, 2.05) is 47.9 Å². The molecular formula is C19H22Cl2N6. The number of aromatic nitrogens is 3. The second kappa shape index (κ2) is 9.58. The van der Waals surface area contributed by atoms with Gasteiger partial charge in [0.2, 0.25) is 0 Å². The van der Waals surface area contributed by atoms with Crippen LogP contribution in [0.25, 0.3) is 5.65 Å². The number of aryl methyl sites for hydroxylation is 1. The fourth-order valence-electron chi connectivity index (χ4n) is 2.67. The normalized spacial score (nSPS) is 11.7. The summed E-state index contributed by atoms with van der Waals surface area (Å²) in [6.07, 6.45) is 3.74. The van der Waals surface area contributed by atoms with Gasteiger partial charge in [-0.15, -0.1) is 10.2 Å². The number of benzene rings is 1. The molecule has 2 N–H and O–H groups in total. The van der Waals surface area contributed by atoms with E-state index in [1.54, 1.807) is 6.07 Å². The summed E-state index contributed by atoms with van der Waals surface area (Å²) in [5.41, 5.74) is 1.81. The van der Waals surface area contributed by atoms with Crippen LogP contribution in [0.5, 0.6) is 0 Å². The Morgan fingerprint density at radius 3 is 2.85 bits per heavy atom. The number of hydrogen-bond acceptors (Lipinski definition) is 3. The van der Waals surface area contributed by atoms with Crippen LogP contribution in [0.15, 0.2) is 47.6 Å². The summed E-state index contributed by atoms with van der Waals surface area (Å²) in [5.74, 6) is 1.72. The van der Waals surface area contributed by atoms with Crippen molar-refractivity contribution in [2.75, 3.05) is 13.1 Å². The van der Waals surface area contributed by atoms with Gasteiger partial charge in [0.25, 0.3) is 0 Å². The van der Waals surface area contributed by atoms with Crippen LogP contribution in [0.4, 0.5) is 0 Å². The zero-order valence-electron chi connectivity index (χ0n) is 15.1. The van der Waals surface area contributed by atoms with Gasteiger partial charge >= 0.3 is 0 Å². The van der Waals surface area contributed by atoms with Gasteiger partial charge in [-0.05, 0) is 43.2 Å². The number of halogens is 2. The maximum absolute atomic E-state index is 6.21. The lowest BCUT2D eigenvalue weighted by Gasteiger charge is -2.11. The van der Waals surface area contributed by atoms with Gasteiger partial charge in [-0.1, -0.05) is 35.3 Å². The second-order valence-electron chi connectivity index (χ2n) is 6.01. The Morgan fingerprint density at radius 1 is 1.15 bits per heavy atom. The summed E-state index contributed by atoms with van der Waals surface area (Å²) in [6, 6.07) is 11.3. The molecule has 2 aromatic heterocycles. The minimum absolute atomic E-state index is 0.486. The molecule has 0 fully saturated rings. The van der Waals surface area contributed by atoms with Gasteiger partial charge in [0.05, 0.1) is 6.54 Å². The van der Waals surface area contributed by atoms with E-state index in [0.717, 1.165) is 48.9 Å². The Bertz CT molecular complexity index is 921. The van der Waals surface area contributed by atoms with E-state index in [2.05, 4.69) is 25.8 Å². The van der Waals surface area contributed by atoms with Gasteiger partial charge in [-0.3, -0.25) is 4.40 Å². The van der Waals surface area contributed by atoms with Gasteiger partial charge in [-0.25, -0.2) is 4.99 Å². The molecular weight excluding hydrogens is 383 g/mol. The van der Waals surface area contributed by atoms with E-state index in [4.69, 9.17) is 23.2 Å². The van der Waals surface area contributed by atoms with Crippen molar-refractivity contribution in [3.05, 3.63) is 64.0 Å². The highest BCUT2D eigenvalue weighted by molar-refractivity contribution is 6.35. The van der Waals surface area contributed by atoms with Gasteiger partial charge in [-0.2, -0.15) is 0 Å². The van der Waals surface area contributed by atoms with E-state index in [-0.39, 0.29) is 0 Å². The summed E-state index contributed by atoms with van der Waals surface area (Å²) in [5, 5.41) is 16.3. The molecule has 0 radical (unpaired) electrons. The quantitative estimate of drug-likeness (QED) is 0.357. The van der Waals surface area contributed by atoms with E-state index in [1.165, 1.54) is 0 Å². The Morgan fingerprint density at radius 2 is 2.04 bits per heavy atom. The summed E-state index contributed by atoms with van der Waals surface area (Å²) in [4.78, 5) is 4.59. The standard InChI is InChI=1S/C19H22Cl2N6/c1-2-22-19(24-13-14-8-9-15(20)12-16(14)21)23-10-5-7-18-26-25-17-6-3-4-11-27(17)18/h3-4,6,8-9,11-12H,2,5,7,10,13H2,1H3,(H2,22,23,24). The van der Waals surface area contributed by atoms with Crippen molar-refractivity contribution in [1.29, 1.82) is 0 Å². The fraction of sp³-hybridized carbons (Fsp3) is 0.316. The number of hydrogen-bond donors (Lipinski definition) is 2. The third-order valence-electron chi connectivity index (χ3n) is 4.02. The maximum Gasteiger partial charge on any atom is 0.191 e. The summed E-state index contributed by atoms with van der Waals surface area (Å²) >= 11 is 12.1. The molecule has 0 bridgehead atoms. The van der Waals surface area contributed by atoms with Crippen molar-refractivity contribution in [2.45, 2.75) is 26.3 Å². The van der Waals surface area contributed by atoms with Crippen LogP contribution in [-0.4, -0.2) is 33.6 Å². The lowest BCUT2D eigenvalue weighted by molar-refractivity contribution is 0.715. The highest BCUT2D eigenvalue weighted by Gasteiger charge is 2.05. The van der Waals surface area contributed by atoms with Crippen molar-refractivity contribution >= 4 is 34.8 Å². The monoisotopic (exact) mass is 404 g/mol. The highest BCUT2D eigenvalue weighted by atomic mass is 35.5. The molecule has 142 valence electrons. The van der Waals surface area contributed by atoms with Crippen molar-refractivity contribution < 1.29 is 0 Å². The average molecular weight is 405 g/mol. The van der Waals surface area contributed by atoms with E-state index >= 15 is 0 Å². The first kappa shape index (κ1) is 19.5. The van der Waals surface area contributed by atoms with Crippen molar-refractivity contribution in [3.8, 4) is 0 Å². The molecule has 8 heteroatoms. The Balaban J connectivity index is 1.53. The van der Waals surface area contributed by atoms with Gasteiger partial charge in [0, 0.05) is 35.8 Å². The molecule has 2 heterocycles. The molecule has 0 unspecified atom stereocenters. The molecule has 0 saturated carbocycles. The molecule has 0 atom stereocenters. The second-order valence-corrected chi connectivity index (χ2v) is 6.85. The number of pyridine rings is 1. The number of rotatable bonds is 7. The number of aliphatic imine (C=N–C) groups is 1. The fourth-order valence-corrected chi connectivity index (χ4v) is 3.14. The van der Waals surface area contributed by atoms with Crippen LogP contribution in [-0.2, 0) is 13.0 Å². The summed E-state index contributed by atoms with van der Waals surface area (Å²) in [7, 11) is 0. The molecule has 27 heavy (non-hydrogen) atoms. The molecule has 3 rings (SSSR count). The van der Waals surface area contributed by atoms with Crippen LogP contribution in [0.1, 0.15) is 24.7 Å². The molecule has 6 nitrogen and oxygen atoms in total. The molecule has 1 aromatic carbocycles. The predicted octanol–water partition coefficient (Wildman–Crippen LogP) is 3.72. The third kappa shape index (κ3) is 5.34. The Hall–Kier alpha value is -2.31. The van der Waals surface area contributed by atoms with Crippen LogP contribution >= 0.6 is 23.2 Å². The van der Waals surface area contributed by atoms with E-state index < -0.39 is 0 Å². The zero-order valence-corrected chi connectivity index (χ0v) is 16.6. The lowest BCUT2D eigenvalue weighted by atomic mass is 10.2. The highest BCUT2D eigenvalue weighted by Crippen LogP contribution is 2.21. The van der Waals surface area contributed by atoms with Crippen LogP contribution < -0.4 is 10.6 Å². The first-order valence-corrected chi connectivity index (χ1v) is 9.67. The molecule has 0 aliphatic heterocycles. The molecule has 0 saturated heterocycles. The minimum Gasteiger partial charge on any atom is -0.357 e. The molecule has 0 aliphatic rings. The summed E-state index contributed by atoms with van der Waals surface area (Å²) in [6.45, 7) is 4.09. The molecule has 0 aliphatic carbocycles. The zero-order chi connectivity index (χ0) is 19.1. The lowest BCUT2D eigenvalue weighted by Crippen LogP contribution is -2.37. The van der Waals surface area contributed by atoms with Gasteiger partial charge in [0.15, 0.2) is 11.6 Å². The van der Waals surface area contributed by atoms with Gasteiger partial charge in [0.1, 0.15) is 5.82 Å².